The third kappa shape index (κ3) is 3.04. The molecule has 0 saturated heterocycles. The first kappa shape index (κ1) is 14.4. The maximum atomic E-state index is 12.1. The Bertz CT molecular complexity index is 796. The van der Waals surface area contributed by atoms with Crippen molar-refractivity contribution < 1.29 is 4.79 Å². The van der Waals surface area contributed by atoms with Crippen molar-refractivity contribution in [3.05, 3.63) is 64.8 Å². The van der Waals surface area contributed by atoms with E-state index in [-0.39, 0.29) is 11.6 Å². The molecule has 22 heavy (non-hydrogen) atoms. The molecule has 0 unspecified atom stereocenters. The SMILES string of the molecule is Cc1nccn1-c1ccc(C(=O)Nc2ccc(Br)cc2)nn1. The Morgan fingerprint density at radius 2 is 1.91 bits per heavy atom. The van der Waals surface area contributed by atoms with Gasteiger partial charge in [0.15, 0.2) is 11.5 Å². The highest BCUT2D eigenvalue weighted by Crippen LogP contribution is 2.15. The quantitative estimate of drug-likeness (QED) is 0.781. The Labute approximate surface area is 135 Å². The molecule has 0 bridgehead atoms. The van der Waals surface area contributed by atoms with Crippen molar-refractivity contribution in [1.29, 1.82) is 0 Å². The van der Waals surface area contributed by atoms with E-state index in [0.717, 1.165) is 10.3 Å². The predicted octanol–water partition coefficient (Wildman–Crippen LogP) is 2.99. The third-order valence-electron chi connectivity index (χ3n) is 3.06. The van der Waals surface area contributed by atoms with Gasteiger partial charge in [-0.05, 0) is 43.3 Å². The molecule has 6 nitrogen and oxygen atoms in total. The number of amides is 1. The van der Waals surface area contributed by atoms with Crippen LogP contribution in [0, 0.1) is 6.92 Å². The van der Waals surface area contributed by atoms with Gasteiger partial charge < -0.3 is 5.32 Å². The first-order chi connectivity index (χ1) is 10.6. The number of hydrogen-bond acceptors (Lipinski definition) is 4. The number of nitrogens with zero attached hydrogens (tertiary/aromatic N) is 4. The summed E-state index contributed by atoms with van der Waals surface area (Å²) in [6.45, 7) is 1.87. The van der Waals surface area contributed by atoms with Crippen LogP contribution in [0.3, 0.4) is 0 Å². The van der Waals surface area contributed by atoms with Gasteiger partial charge in [-0.2, -0.15) is 0 Å². The molecule has 3 rings (SSSR count). The average Bonchev–Trinajstić information content (AvgIpc) is 2.96. The molecule has 0 aliphatic heterocycles. The van der Waals surface area contributed by atoms with Gasteiger partial charge in [-0.15, -0.1) is 10.2 Å². The maximum Gasteiger partial charge on any atom is 0.276 e. The van der Waals surface area contributed by atoms with Gasteiger partial charge in [0.25, 0.3) is 5.91 Å². The van der Waals surface area contributed by atoms with Gasteiger partial charge in [0, 0.05) is 22.6 Å². The second-order valence-corrected chi connectivity index (χ2v) is 5.50. The number of halogens is 1. The number of carbonyl (C=O) groups excluding carboxylic acids is 1. The summed E-state index contributed by atoms with van der Waals surface area (Å²) in [5.41, 5.74) is 0.953. The van der Waals surface area contributed by atoms with Crippen molar-refractivity contribution in [1.82, 2.24) is 19.7 Å². The molecular formula is C15H12BrN5O. The summed E-state index contributed by atoms with van der Waals surface area (Å²) in [4.78, 5) is 16.2. The maximum absolute atomic E-state index is 12.1. The lowest BCUT2D eigenvalue weighted by Crippen LogP contribution is -2.15. The number of hydrogen-bond donors (Lipinski definition) is 1. The van der Waals surface area contributed by atoms with Gasteiger partial charge >= 0.3 is 0 Å². The first-order valence-corrected chi connectivity index (χ1v) is 7.34. The van der Waals surface area contributed by atoms with Crippen LogP contribution < -0.4 is 5.32 Å². The molecule has 1 N–H and O–H groups in total. The van der Waals surface area contributed by atoms with E-state index in [1.54, 1.807) is 41.2 Å². The van der Waals surface area contributed by atoms with Gasteiger partial charge in [0.2, 0.25) is 0 Å². The van der Waals surface area contributed by atoms with Gasteiger partial charge in [-0.3, -0.25) is 9.36 Å². The Morgan fingerprint density at radius 3 is 2.50 bits per heavy atom. The van der Waals surface area contributed by atoms with Crippen LogP contribution in [0.4, 0.5) is 5.69 Å². The summed E-state index contributed by atoms with van der Waals surface area (Å²) in [5.74, 6) is 1.13. The van der Waals surface area contributed by atoms with E-state index in [9.17, 15) is 4.79 Å². The molecule has 0 saturated carbocycles. The molecule has 3 aromatic rings. The number of aromatic nitrogens is 4. The Balaban J connectivity index is 1.76. The first-order valence-electron chi connectivity index (χ1n) is 6.54. The summed E-state index contributed by atoms with van der Waals surface area (Å²) in [6, 6.07) is 10.7. The number of nitrogens with one attached hydrogen (secondary N) is 1. The molecule has 2 aromatic heterocycles. The van der Waals surface area contributed by atoms with Crippen molar-refractivity contribution in [3.63, 3.8) is 0 Å². The Kier molecular flexibility index (Phi) is 3.97. The molecule has 0 radical (unpaired) electrons. The van der Waals surface area contributed by atoms with E-state index in [2.05, 4.69) is 36.4 Å². The molecule has 0 aliphatic rings. The highest BCUT2D eigenvalue weighted by Gasteiger charge is 2.10. The van der Waals surface area contributed by atoms with Crippen LogP contribution in [0.1, 0.15) is 16.3 Å². The Hall–Kier alpha value is -2.54. The van der Waals surface area contributed by atoms with Crippen molar-refractivity contribution in [2.45, 2.75) is 6.92 Å². The lowest BCUT2D eigenvalue weighted by molar-refractivity contribution is 0.102. The van der Waals surface area contributed by atoms with Crippen molar-refractivity contribution in [3.8, 4) is 5.82 Å². The molecule has 0 fully saturated rings. The number of rotatable bonds is 3. The largest absolute Gasteiger partial charge is 0.321 e. The second-order valence-electron chi connectivity index (χ2n) is 4.58. The summed E-state index contributed by atoms with van der Waals surface area (Å²) in [6.07, 6.45) is 3.48. The van der Waals surface area contributed by atoms with Gasteiger partial charge in [0.05, 0.1) is 0 Å². The highest BCUT2D eigenvalue weighted by atomic mass is 79.9. The molecule has 0 aliphatic carbocycles. The molecule has 2 heterocycles. The van der Waals surface area contributed by atoms with Crippen LogP contribution in [-0.2, 0) is 0 Å². The minimum absolute atomic E-state index is 0.254. The fourth-order valence-electron chi connectivity index (χ4n) is 1.92. The zero-order valence-electron chi connectivity index (χ0n) is 11.7. The van der Waals surface area contributed by atoms with E-state index in [1.807, 2.05) is 19.1 Å². The number of imidazole rings is 1. The molecule has 1 aromatic carbocycles. The van der Waals surface area contributed by atoms with Crippen LogP contribution >= 0.6 is 15.9 Å². The molecular weight excluding hydrogens is 346 g/mol. The second kappa shape index (κ2) is 6.07. The van der Waals surface area contributed by atoms with Crippen molar-refractivity contribution in [2.75, 3.05) is 5.32 Å². The number of carbonyl (C=O) groups is 1. The topological polar surface area (TPSA) is 72.7 Å². The van der Waals surface area contributed by atoms with Crippen LogP contribution in [0.2, 0.25) is 0 Å². The fourth-order valence-corrected chi connectivity index (χ4v) is 2.19. The molecule has 0 spiro atoms. The third-order valence-corrected chi connectivity index (χ3v) is 3.59. The van der Waals surface area contributed by atoms with Crippen LogP contribution in [0.25, 0.3) is 5.82 Å². The molecule has 0 atom stereocenters. The molecule has 7 heteroatoms. The predicted molar refractivity (Wildman–Crippen MR) is 86.0 cm³/mol. The zero-order chi connectivity index (χ0) is 15.5. The summed E-state index contributed by atoms with van der Waals surface area (Å²) in [5, 5.41) is 10.8. The monoisotopic (exact) mass is 357 g/mol. The molecule has 1 amide bonds. The van der Waals surface area contributed by atoms with Gasteiger partial charge in [0.1, 0.15) is 5.82 Å². The summed E-state index contributed by atoms with van der Waals surface area (Å²) < 4.78 is 2.74. The lowest BCUT2D eigenvalue weighted by Gasteiger charge is -2.06. The summed E-state index contributed by atoms with van der Waals surface area (Å²) >= 11 is 3.35. The standard InChI is InChI=1S/C15H12BrN5O/c1-10-17-8-9-21(10)14-7-6-13(19-20-14)15(22)18-12-4-2-11(16)3-5-12/h2-9H,1H3,(H,18,22). The fraction of sp³-hybridized carbons (Fsp3) is 0.0667. The normalized spacial score (nSPS) is 10.5. The van der Waals surface area contributed by atoms with E-state index < -0.39 is 0 Å². The van der Waals surface area contributed by atoms with E-state index in [4.69, 9.17) is 0 Å². The van der Waals surface area contributed by atoms with E-state index in [1.165, 1.54) is 0 Å². The summed E-state index contributed by atoms with van der Waals surface area (Å²) in [7, 11) is 0. The molecule has 110 valence electrons. The number of benzene rings is 1. The van der Waals surface area contributed by atoms with Crippen molar-refractivity contribution in [2.24, 2.45) is 0 Å². The number of aryl methyl sites for hydroxylation is 1. The average molecular weight is 358 g/mol. The smallest absolute Gasteiger partial charge is 0.276 e. The van der Waals surface area contributed by atoms with Crippen LogP contribution in [-0.4, -0.2) is 25.7 Å². The minimum Gasteiger partial charge on any atom is -0.321 e. The zero-order valence-corrected chi connectivity index (χ0v) is 13.3. The van der Waals surface area contributed by atoms with E-state index >= 15 is 0 Å². The van der Waals surface area contributed by atoms with Gasteiger partial charge in [-0.25, -0.2) is 4.98 Å². The van der Waals surface area contributed by atoms with Gasteiger partial charge in [-0.1, -0.05) is 15.9 Å². The lowest BCUT2D eigenvalue weighted by atomic mass is 10.3. The number of anilines is 1. The highest BCUT2D eigenvalue weighted by molar-refractivity contribution is 9.10. The van der Waals surface area contributed by atoms with Crippen LogP contribution in [0.15, 0.2) is 53.3 Å². The van der Waals surface area contributed by atoms with Crippen LogP contribution in [0.5, 0.6) is 0 Å². The minimum atomic E-state index is -0.302. The van der Waals surface area contributed by atoms with E-state index in [0.29, 0.717) is 11.5 Å². The Morgan fingerprint density at radius 1 is 1.14 bits per heavy atom. The van der Waals surface area contributed by atoms with Crippen molar-refractivity contribution >= 4 is 27.5 Å².